The predicted octanol–water partition coefficient (Wildman–Crippen LogP) is 1.16. The van der Waals surface area contributed by atoms with Crippen molar-refractivity contribution in [1.82, 2.24) is 10.6 Å². The van der Waals surface area contributed by atoms with Crippen LogP contribution in [0, 0.1) is 18.7 Å². The number of ether oxygens (including phenoxy) is 1. The van der Waals surface area contributed by atoms with Crippen molar-refractivity contribution in [3.8, 4) is 0 Å². The van der Waals surface area contributed by atoms with Crippen molar-refractivity contribution in [1.29, 1.82) is 0 Å². The predicted molar refractivity (Wildman–Crippen MR) is 95.2 cm³/mol. The van der Waals surface area contributed by atoms with Crippen molar-refractivity contribution in [2.24, 2.45) is 11.7 Å². The van der Waals surface area contributed by atoms with Gasteiger partial charge in [0.2, 0.25) is 5.91 Å². The monoisotopic (exact) mass is 373 g/mol. The van der Waals surface area contributed by atoms with E-state index in [2.05, 4.69) is 10.6 Å². The summed E-state index contributed by atoms with van der Waals surface area (Å²) in [6.07, 6.45) is 1.56. The fourth-order valence-electron chi connectivity index (χ4n) is 2.60. The average molecular weight is 374 g/mol. The van der Waals surface area contributed by atoms with Crippen LogP contribution in [0.25, 0.3) is 0 Å². The van der Waals surface area contributed by atoms with Crippen molar-refractivity contribution < 1.29 is 18.7 Å². The lowest BCUT2D eigenvalue weighted by molar-refractivity contribution is -0.124. The Bertz CT molecular complexity index is 595. The Morgan fingerprint density at radius 1 is 1.28 bits per heavy atom. The Morgan fingerprint density at radius 3 is 2.56 bits per heavy atom. The largest absolute Gasteiger partial charge is 0.381 e. The first-order valence-electron chi connectivity index (χ1n) is 8.14. The number of nitrogens with two attached hydrogens (primary N) is 1. The lowest BCUT2D eigenvalue weighted by Crippen LogP contribution is -2.48. The first-order chi connectivity index (χ1) is 11.5. The molecule has 0 aromatic heterocycles. The third-order valence-electron chi connectivity index (χ3n) is 4.22. The molecule has 0 aliphatic carbocycles. The molecule has 8 heteroatoms. The van der Waals surface area contributed by atoms with Crippen LogP contribution in [0.5, 0.6) is 0 Å². The molecule has 1 unspecified atom stereocenters. The van der Waals surface area contributed by atoms with Gasteiger partial charge in [-0.1, -0.05) is 6.07 Å². The van der Waals surface area contributed by atoms with Crippen LogP contribution in [0.15, 0.2) is 18.2 Å². The van der Waals surface area contributed by atoms with E-state index in [0.29, 0.717) is 18.8 Å². The molecule has 1 heterocycles. The minimum atomic E-state index is -0.559. The minimum absolute atomic E-state index is 0. The summed E-state index contributed by atoms with van der Waals surface area (Å²) < 4.78 is 18.7. The van der Waals surface area contributed by atoms with E-state index in [-0.39, 0.29) is 48.8 Å². The Kier molecular flexibility index (Phi) is 8.82. The molecule has 25 heavy (non-hydrogen) atoms. The van der Waals surface area contributed by atoms with E-state index in [4.69, 9.17) is 10.5 Å². The molecule has 0 bridgehead atoms. The molecule has 0 radical (unpaired) electrons. The summed E-state index contributed by atoms with van der Waals surface area (Å²) in [5.41, 5.74) is 6.70. The molecule has 4 N–H and O–H groups in total. The summed E-state index contributed by atoms with van der Waals surface area (Å²) >= 11 is 0. The first-order valence-corrected chi connectivity index (χ1v) is 8.14. The maximum Gasteiger partial charge on any atom is 0.251 e. The SMILES string of the molecule is Cc1ccc(C(=O)NCCNC(=O)C(N)C2CCOCC2)cc1F.Cl. The van der Waals surface area contributed by atoms with Gasteiger partial charge in [0.15, 0.2) is 0 Å². The lowest BCUT2D eigenvalue weighted by atomic mass is 9.92. The summed E-state index contributed by atoms with van der Waals surface area (Å²) in [4.78, 5) is 23.9. The van der Waals surface area contributed by atoms with Crippen LogP contribution in [0.2, 0.25) is 0 Å². The molecule has 2 rings (SSSR count). The zero-order chi connectivity index (χ0) is 17.5. The Hall–Kier alpha value is -1.70. The lowest BCUT2D eigenvalue weighted by Gasteiger charge is -2.26. The second kappa shape index (κ2) is 10.3. The van der Waals surface area contributed by atoms with Gasteiger partial charge in [0.05, 0.1) is 6.04 Å². The van der Waals surface area contributed by atoms with Crippen LogP contribution in [0.1, 0.15) is 28.8 Å². The van der Waals surface area contributed by atoms with Crippen LogP contribution in [-0.2, 0) is 9.53 Å². The fourth-order valence-corrected chi connectivity index (χ4v) is 2.60. The molecule has 0 saturated carbocycles. The van der Waals surface area contributed by atoms with Gasteiger partial charge >= 0.3 is 0 Å². The summed E-state index contributed by atoms with van der Waals surface area (Å²) in [5.74, 6) is -0.892. The molecule has 1 saturated heterocycles. The highest BCUT2D eigenvalue weighted by Gasteiger charge is 2.26. The van der Waals surface area contributed by atoms with Crippen molar-refractivity contribution in [3.05, 3.63) is 35.1 Å². The maximum atomic E-state index is 13.4. The van der Waals surface area contributed by atoms with Crippen molar-refractivity contribution in [2.75, 3.05) is 26.3 Å². The molecule has 1 aromatic rings. The van der Waals surface area contributed by atoms with Gasteiger partial charge in [-0.25, -0.2) is 4.39 Å². The Balaban J connectivity index is 0.00000312. The molecular weight excluding hydrogens is 349 g/mol. The third kappa shape index (κ3) is 6.26. The number of rotatable bonds is 6. The number of nitrogens with one attached hydrogen (secondary N) is 2. The summed E-state index contributed by atoms with van der Waals surface area (Å²) in [6.45, 7) is 3.42. The van der Waals surface area contributed by atoms with Gasteiger partial charge in [-0.3, -0.25) is 9.59 Å². The number of halogens is 2. The number of amides is 2. The topological polar surface area (TPSA) is 93.5 Å². The maximum absolute atomic E-state index is 13.4. The second-order valence-electron chi connectivity index (χ2n) is 5.99. The van der Waals surface area contributed by atoms with E-state index in [1.165, 1.54) is 6.07 Å². The van der Waals surface area contributed by atoms with Gasteiger partial charge in [-0.05, 0) is 43.4 Å². The smallest absolute Gasteiger partial charge is 0.251 e. The van der Waals surface area contributed by atoms with E-state index in [1.807, 2.05) is 0 Å². The van der Waals surface area contributed by atoms with E-state index >= 15 is 0 Å². The standard InChI is InChI=1S/C17H24FN3O3.ClH/c1-11-2-3-13(10-14(11)18)16(22)20-6-7-21-17(23)15(19)12-4-8-24-9-5-12;/h2-3,10,12,15H,4-9,19H2,1H3,(H,20,22)(H,21,23);1H. The van der Waals surface area contributed by atoms with Crippen LogP contribution in [0.4, 0.5) is 4.39 Å². The number of carbonyl (C=O) groups is 2. The number of carbonyl (C=O) groups excluding carboxylic acids is 2. The molecular formula is C17H25ClFN3O3. The number of benzene rings is 1. The van der Waals surface area contributed by atoms with Gasteiger partial charge in [-0.2, -0.15) is 0 Å². The molecule has 1 fully saturated rings. The van der Waals surface area contributed by atoms with E-state index in [9.17, 15) is 14.0 Å². The van der Waals surface area contributed by atoms with Crippen LogP contribution in [0.3, 0.4) is 0 Å². The molecule has 1 aliphatic heterocycles. The molecule has 140 valence electrons. The van der Waals surface area contributed by atoms with Crippen molar-refractivity contribution in [3.63, 3.8) is 0 Å². The quantitative estimate of drug-likeness (QED) is 0.652. The van der Waals surface area contributed by atoms with Crippen LogP contribution in [-0.4, -0.2) is 44.2 Å². The summed E-state index contributed by atoms with van der Waals surface area (Å²) in [5, 5.41) is 5.35. The number of hydrogen-bond acceptors (Lipinski definition) is 4. The number of aryl methyl sites for hydroxylation is 1. The Morgan fingerprint density at radius 2 is 1.92 bits per heavy atom. The summed E-state index contributed by atoms with van der Waals surface area (Å²) in [7, 11) is 0. The van der Waals surface area contributed by atoms with Crippen LogP contribution < -0.4 is 16.4 Å². The third-order valence-corrected chi connectivity index (χ3v) is 4.22. The first kappa shape index (κ1) is 21.3. The minimum Gasteiger partial charge on any atom is -0.381 e. The van der Waals surface area contributed by atoms with Gasteiger partial charge < -0.3 is 21.1 Å². The van der Waals surface area contributed by atoms with E-state index in [1.54, 1.807) is 19.1 Å². The van der Waals surface area contributed by atoms with Gasteiger partial charge in [0, 0.05) is 31.9 Å². The van der Waals surface area contributed by atoms with E-state index < -0.39 is 11.9 Å². The Labute approximate surface area is 153 Å². The molecule has 1 aromatic carbocycles. The average Bonchev–Trinajstić information content (AvgIpc) is 2.60. The van der Waals surface area contributed by atoms with Gasteiger partial charge in [0.25, 0.3) is 5.91 Å². The fraction of sp³-hybridized carbons (Fsp3) is 0.529. The summed E-state index contributed by atoms with van der Waals surface area (Å²) in [6, 6.07) is 3.76. The zero-order valence-electron chi connectivity index (χ0n) is 14.2. The highest BCUT2D eigenvalue weighted by molar-refractivity contribution is 5.94. The molecule has 1 atom stereocenters. The molecule has 1 aliphatic rings. The van der Waals surface area contributed by atoms with Gasteiger partial charge in [0.1, 0.15) is 5.82 Å². The normalized spacial score (nSPS) is 15.8. The number of hydrogen-bond donors (Lipinski definition) is 3. The van der Waals surface area contributed by atoms with Crippen molar-refractivity contribution >= 4 is 24.2 Å². The molecule has 2 amide bonds. The van der Waals surface area contributed by atoms with Crippen molar-refractivity contribution in [2.45, 2.75) is 25.8 Å². The highest BCUT2D eigenvalue weighted by atomic mass is 35.5. The molecule has 0 spiro atoms. The highest BCUT2D eigenvalue weighted by Crippen LogP contribution is 2.17. The van der Waals surface area contributed by atoms with E-state index in [0.717, 1.165) is 12.8 Å². The zero-order valence-corrected chi connectivity index (χ0v) is 15.0. The van der Waals surface area contributed by atoms with Gasteiger partial charge in [-0.15, -0.1) is 12.4 Å². The molecule has 6 nitrogen and oxygen atoms in total. The second-order valence-corrected chi connectivity index (χ2v) is 5.99. The van der Waals surface area contributed by atoms with Crippen LogP contribution >= 0.6 is 12.4 Å².